The highest BCUT2D eigenvalue weighted by molar-refractivity contribution is 5.92. The molecular formula is C25H35N3O7. The Bertz CT molecular complexity index is 921. The number of benzene rings is 1. The summed E-state index contributed by atoms with van der Waals surface area (Å²) in [4.78, 5) is 60.0. The van der Waals surface area contributed by atoms with E-state index in [0.29, 0.717) is 12.8 Å². The molecule has 3 amide bonds. The van der Waals surface area contributed by atoms with Crippen LogP contribution >= 0.6 is 0 Å². The van der Waals surface area contributed by atoms with E-state index < -0.39 is 30.4 Å². The number of ether oxygens (including phenoxy) is 1. The zero-order chi connectivity index (χ0) is 25.7. The number of carbonyl (C=O) groups is 4. The van der Waals surface area contributed by atoms with Gasteiger partial charge in [-0.3, -0.25) is 19.2 Å². The number of carbonyl (C=O) groups excluding carboxylic acids is 3. The van der Waals surface area contributed by atoms with Crippen molar-refractivity contribution in [3.8, 4) is 0 Å². The van der Waals surface area contributed by atoms with Crippen LogP contribution in [0.15, 0.2) is 30.3 Å². The van der Waals surface area contributed by atoms with Crippen LogP contribution in [0.25, 0.3) is 0 Å². The summed E-state index contributed by atoms with van der Waals surface area (Å²) in [6, 6.07) is 8.37. The van der Waals surface area contributed by atoms with Crippen LogP contribution in [0.4, 0.5) is 4.79 Å². The first kappa shape index (κ1) is 26.5. The fourth-order valence-electron chi connectivity index (χ4n) is 4.43. The van der Waals surface area contributed by atoms with Crippen molar-refractivity contribution in [3.05, 3.63) is 35.9 Å². The van der Waals surface area contributed by atoms with Crippen molar-refractivity contribution in [2.24, 2.45) is 11.8 Å². The van der Waals surface area contributed by atoms with Gasteiger partial charge < -0.3 is 19.6 Å². The molecule has 0 spiro atoms. The molecule has 0 unspecified atom stereocenters. The van der Waals surface area contributed by atoms with Crippen molar-refractivity contribution < 1.29 is 33.9 Å². The Morgan fingerprint density at radius 1 is 1.06 bits per heavy atom. The minimum absolute atomic E-state index is 0.0200. The zero-order valence-electron chi connectivity index (χ0n) is 20.8. The molecule has 0 aliphatic carbocycles. The standard InChI is InChI=1S/C25H35N3O7/c1-16(2)12-19-23(31)26(11-10-22(29)30)14-21-27(19)24(32)20(13-17(3)4)35-28(21)25(33)34-15-18-8-6-5-7-9-18/h5-9,16-17,19-21H,10-15H2,1-4H3,(H,29,30)/t19-,20+,21-/m0/s1. The number of hydroxylamine groups is 2. The Morgan fingerprint density at radius 3 is 2.31 bits per heavy atom. The molecule has 0 aromatic heterocycles. The average molecular weight is 490 g/mol. The van der Waals surface area contributed by atoms with Gasteiger partial charge in [-0.2, -0.15) is 5.06 Å². The summed E-state index contributed by atoms with van der Waals surface area (Å²) in [7, 11) is 0. The lowest BCUT2D eigenvalue weighted by Crippen LogP contribution is -2.73. The molecular weight excluding hydrogens is 454 g/mol. The third kappa shape index (κ3) is 6.50. The number of carboxylic acids is 1. The quantitative estimate of drug-likeness (QED) is 0.567. The molecule has 2 aliphatic heterocycles. The van der Waals surface area contributed by atoms with Crippen molar-refractivity contribution >= 4 is 23.9 Å². The number of piperazine rings is 1. The van der Waals surface area contributed by atoms with E-state index in [-0.39, 0.29) is 49.8 Å². The maximum atomic E-state index is 13.5. The summed E-state index contributed by atoms with van der Waals surface area (Å²) in [5.41, 5.74) is 0.795. The zero-order valence-corrected chi connectivity index (χ0v) is 20.8. The van der Waals surface area contributed by atoms with Crippen LogP contribution in [-0.4, -0.2) is 75.2 Å². The maximum absolute atomic E-state index is 13.5. The van der Waals surface area contributed by atoms with E-state index in [1.165, 1.54) is 9.80 Å². The van der Waals surface area contributed by atoms with Gasteiger partial charge in [-0.05, 0) is 30.2 Å². The van der Waals surface area contributed by atoms with Gasteiger partial charge in [-0.15, -0.1) is 0 Å². The molecule has 0 bridgehead atoms. The van der Waals surface area contributed by atoms with E-state index >= 15 is 0 Å². The van der Waals surface area contributed by atoms with Crippen LogP contribution in [-0.2, 0) is 30.6 Å². The largest absolute Gasteiger partial charge is 0.481 e. The predicted molar refractivity (Wildman–Crippen MR) is 126 cm³/mol. The highest BCUT2D eigenvalue weighted by atomic mass is 16.7. The second kappa shape index (κ2) is 11.5. The Morgan fingerprint density at radius 2 is 1.71 bits per heavy atom. The summed E-state index contributed by atoms with van der Waals surface area (Å²) >= 11 is 0. The Labute approximate surface area is 205 Å². The topological polar surface area (TPSA) is 117 Å². The minimum Gasteiger partial charge on any atom is -0.481 e. The number of rotatable bonds is 9. The van der Waals surface area contributed by atoms with Crippen molar-refractivity contribution in [2.75, 3.05) is 13.1 Å². The molecule has 3 rings (SSSR count). The number of amides is 3. The number of aliphatic carboxylic acids is 1. The molecule has 3 atom stereocenters. The summed E-state index contributed by atoms with van der Waals surface area (Å²) in [6.07, 6.45) is -2.09. The van der Waals surface area contributed by atoms with Crippen LogP contribution in [0.5, 0.6) is 0 Å². The lowest BCUT2D eigenvalue weighted by Gasteiger charge is -2.53. The molecule has 35 heavy (non-hydrogen) atoms. The SMILES string of the molecule is CC(C)C[C@H]1ON(C(=O)OCc2ccccc2)[C@H]2CN(CCC(=O)O)C(=O)[C@H](CC(C)C)N2C1=O. The summed E-state index contributed by atoms with van der Waals surface area (Å²) in [5.74, 6) is -1.49. The van der Waals surface area contributed by atoms with E-state index in [9.17, 15) is 19.2 Å². The Balaban J connectivity index is 1.91. The van der Waals surface area contributed by atoms with Crippen molar-refractivity contribution in [1.29, 1.82) is 0 Å². The molecule has 1 N–H and O–H groups in total. The lowest BCUT2D eigenvalue weighted by molar-refractivity contribution is -0.269. The molecule has 0 saturated carbocycles. The Hall–Kier alpha value is -3.14. The highest BCUT2D eigenvalue weighted by Gasteiger charge is 2.53. The molecule has 1 aromatic rings. The molecule has 2 saturated heterocycles. The average Bonchev–Trinajstić information content (AvgIpc) is 2.79. The number of fused-ring (bicyclic) bond motifs is 1. The maximum Gasteiger partial charge on any atom is 0.436 e. The highest BCUT2D eigenvalue weighted by Crippen LogP contribution is 2.32. The number of carboxylic acid groups (broad SMARTS) is 1. The van der Waals surface area contributed by atoms with Gasteiger partial charge in [-0.25, -0.2) is 4.79 Å². The van der Waals surface area contributed by atoms with Gasteiger partial charge in [0.25, 0.3) is 5.91 Å². The van der Waals surface area contributed by atoms with Crippen LogP contribution < -0.4 is 0 Å². The molecule has 2 fully saturated rings. The first-order valence-corrected chi connectivity index (χ1v) is 12.1. The van der Waals surface area contributed by atoms with Gasteiger partial charge >= 0.3 is 12.1 Å². The van der Waals surface area contributed by atoms with Crippen LogP contribution in [0.3, 0.4) is 0 Å². The molecule has 10 nitrogen and oxygen atoms in total. The van der Waals surface area contributed by atoms with Crippen LogP contribution in [0, 0.1) is 11.8 Å². The molecule has 0 radical (unpaired) electrons. The summed E-state index contributed by atoms with van der Waals surface area (Å²) in [5, 5.41) is 10.2. The third-order valence-corrected chi connectivity index (χ3v) is 6.04. The first-order chi connectivity index (χ1) is 16.6. The second-order valence-corrected chi connectivity index (χ2v) is 9.89. The van der Waals surface area contributed by atoms with Crippen molar-refractivity contribution in [1.82, 2.24) is 14.9 Å². The van der Waals surface area contributed by atoms with Gasteiger partial charge in [0.2, 0.25) is 5.91 Å². The molecule has 2 aliphatic rings. The normalized spacial score (nSPS) is 22.6. The fraction of sp³-hybridized carbons (Fsp3) is 0.600. The molecule has 1 aromatic carbocycles. The van der Waals surface area contributed by atoms with E-state index in [0.717, 1.165) is 10.6 Å². The van der Waals surface area contributed by atoms with E-state index in [4.69, 9.17) is 14.7 Å². The van der Waals surface area contributed by atoms with Gasteiger partial charge in [0, 0.05) is 6.54 Å². The summed E-state index contributed by atoms with van der Waals surface area (Å²) in [6.45, 7) is 7.72. The predicted octanol–water partition coefficient (Wildman–Crippen LogP) is 2.87. The monoisotopic (exact) mass is 489 g/mol. The minimum atomic E-state index is -1.03. The van der Waals surface area contributed by atoms with E-state index in [1.54, 1.807) is 0 Å². The van der Waals surface area contributed by atoms with Crippen molar-refractivity contribution in [2.45, 2.75) is 71.9 Å². The van der Waals surface area contributed by atoms with Gasteiger partial charge in [0.1, 0.15) is 12.6 Å². The fourth-order valence-corrected chi connectivity index (χ4v) is 4.43. The molecule has 10 heteroatoms. The van der Waals surface area contributed by atoms with E-state index in [2.05, 4.69) is 0 Å². The smallest absolute Gasteiger partial charge is 0.436 e. The lowest BCUT2D eigenvalue weighted by atomic mass is 9.95. The second-order valence-electron chi connectivity index (χ2n) is 9.89. The van der Waals surface area contributed by atoms with Gasteiger partial charge in [0.05, 0.1) is 13.0 Å². The number of hydrogen-bond donors (Lipinski definition) is 1. The first-order valence-electron chi connectivity index (χ1n) is 12.1. The number of nitrogens with zero attached hydrogens (tertiary/aromatic N) is 3. The number of hydrogen-bond acceptors (Lipinski definition) is 6. The van der Waals surface area contributed by atoms with Gasteiger partial charge in [0.15, 0.2) is 12.3 Å². The Kier molecular flexibility index (Phi) is 8.71. The van der Waals surface area contributed by atoms with E-state index in [1.807, 2.05) is 58.0 Å². The van der Waals surface area contributed by atoms with Crippen LogP contribution in [0.1, 0.15) is 52.5 Å². The molecule has 192 valence electrons. The van der Waals surface area contributed by atoms with Crippen molar-refractivity contribution in [3.63, 3.8) is 0 Å². The summed E-state index contributed by atoms with van der Waals surface area (Å²) < 4.78 is 5.51. The third-order valence-electron chi connectivity index (χ3n) is 6.04. The van der Waals surface area contributed by atoms with Crippen LogP contribution in [0.2, 0.25) is 0 Å². The van der Waals surface area contributed by atoms with Gasteiger partial charge in [-0.1, -0.05) is 58.0 Å². The molecule has 2 heterocycles.